The summed E-state index contributed by atoms with van der Waals surface area (Å²) in [7, 11) is 0. The smallest absolute Gasteiger partial charge is 0.326 e. The fourth-order valence-corrected chi connectivity index (χ4v) is 2.00. The van der Waals surface area contributed by atoms with Crippen molar-refractivity contribution in [3.8, 4) is 0 Å². The van der Waals surface area contributed by atoms with Crippen molar-refractivity contribution in [3.05, 3.63) is 35.4 Å². The summed E-state index contributed by atoms with van der Waals surface area (Å²) in [5, 5.41) is 11.6. The Morgan fingerprint density at radius 2 is 2.00 bits per heavy atom. The molecule has 1 rings (SSSR count). The summed E-state index contributed by atoms with van der Waals surface area (Å²) in [6.45, 7) is 0.410. The Morgan fingerprint density at radius 3 is 2.47 bits per heavy atom. The second kappa shape index (κ2) is 7.81. The maximum Gasteiger partial charge on any atom is 0.326 e. The molecule has 19 heavy (non-hydrogen) atoms. The van der Waals surface area contributed by atoms with Crippen LogP contribution >= 0.6 is 11.8 Å². The minimum Gasteiger partial charge on any atom is -0.480 e. The minimum absolute atomic E-state index is 0.378. The molecular formula is C13H18N2O3S. The van der Waals surface area contributed by atoms with E-state index in [1.54, 1.807) is 36.0 Å². The summed E-state index contributed by atoms with van der Waals surface area (Å²) >= 11 is 1.55. The number of amides is 1. The summed E-state index contributed by atoms with van der Waals surface area (Å²) in [4.78, 5) is 22.9. The van der Waals surface area contributed by atoms with Crippen LogP contribution < -0.4 is 11.1 Å². The number of nitrogens with one attached hydrogen (secondary N) is 1. The van der Waals surface area contributed by atoms with Crippen LogP contribution in [0.5, 0.6) is 0 Å². The van der Waals surface area contributed by atoms with Crippen LogP contribution in [0.2, 0.25) is 0 Å². The molecule has 0 aromatic heterocycles. The molecule has 0 aliphatic rings. The third-order valence-electron chi connectivity index (χ3n) is 2.67. The number of nitrogens with two attached hydrogens (primary N) is 1. The maximum absolute atomic E-state index is 11.9. The quantitative estimate of drug-likeness (QED) is 0.696. The normalized spacial score (nSPS) is 11.9. The van der Waals surface area contributed by atoms with Crippen LogP contribution in [0.25, 0.3) is 0 Å². The highest BCUT2D eigenvalue weighted by atomic mass is 32.2. The Hall–Kier alpha value is -1.53. The number of hydrogen-bond acceptors (Lipinski definition) is 4. The Kier molecular flexibility index (Phi) is 6.38. The van der Waals surface area contributed by atoms with Crippen molar-refractivity contribution in [3.63, 3.8) is 0 Å². The first-order chi connectivity index (χ1) is 9.08. The highest BCUT2D eigenvalue weighted by Gasteiger charge is 2.19. The first-order valence-corrected chi connectivity index (χ1v) is 7.29. The fraction of sp³-hybridized carbons (Fsp3) is 0.385. The van der Waals surface area contributed by atoms with Gasteiger partial charge in [0.25, 0.3) is 5.91 Å². The number of benzene rings is 1. The Bertz CT molecular complexity index is 434. The number of carbonyl (C=O) groups excluding carboxylic acids is 1. The van der Waals surface area contributed by atoms with E-state index in [0.29, 0.717) is 24.3 Å². The number of aliphatic carboxylic acids is 1. The molecule has 0 aliphatic heterocycles. The molecule has 0 heterocycles. The topological polar surface area (TPSA) is 92.4 Å². The molecule has 0 unspecified atom stereocenters. The first kappa shape index (κ1) is 15.5. The molecule has 6 heteroatoms. The number of carboxylic acid groups (broad SMARTS) is 1. The van der Waals surface area contributed by atoms with E-state index in [2.05, 4.69) is 5.32 Å². The molecule has 0 bridgehead atoms. The standard InChI is InChI=1S/C13H18N2O3S/c1-19-7-6-11(13(17)18)15-12(16)10-4-2-9(8-14)3-5-10/h2-5,11H,6-8,14H2,1H3,(H,15,16)(H,17,18)/t11-/m1/s1. The number of rotatable bonds is 7. The van der Waals surface area contributed by atoms with Crippen molar-refractivity contribution >= 4 is 23.6 Å². The highest BCUT2D eigenvalue weighted by molar-refractivity contribution is 7.98. The summed E-state index contributed by atoms with van der Waals surface area (Å²) in [5.41, 5.74) is 6.83. The molecule has 1 amide bonds. The summed E-state index contributed by atoms with van der Waals surface area (Å²) in [6.07, 6.45) is 2.30. The molecule has 0 radical (unpaired) electrons. The van der Waals surface area contributed by atoms with Crippen molar-refractivity contribution in [2.45, 2.75) is 19.0 Å². The van der Waals surface area contributed by atoms with E-state index in [4.69, 9.17) is 10.8 Å². The lowest BCUT2D eigenvalue weighted by molar-refractivity contribution is -0.139. The maximum atomic E-state index is 11.9. The zero-order chi connectivity index (χ0) is 14.3. The molecule has 1 aromatic carbocycles. The third-order valence-corrected chi connectivity index (χ3v) is 3.31. The Balaban J connectivity index is 2.67. The van der Waals surface area contributed by atoms with Crippen molar-refractivity contribution in [2.75, 3.05) is 12.0 Å². The molecule has 1 aromatic rings. The van der Waals surface area contributed by atoms with E-state index in [-0.39, 0.29) is 5.91 Å². The summed E-state index contributed by atoms with van der Waals surface area (Å²) in [6, 6.07) is 5.95. The largest absolute Gasteiger partial charge is 0.480 e. The van der Waals surface area contributed by atoms with Gasteiger partial charge in [-0.2, -0.15) is 11.8 Å². The van der Waals surface area contributed by atoms with Gasteiger partial charge in [0.2, 0.25) is 0 Å². The van der Waals surface area contributed by atoms with Gasteiger partial charge < -0.3 is 16.2 Å². The molecule has 0 saturated heterocycles. The molecule has 5 nitrogen and oxygen atoms in total. The van der Waals surface area contributed by atoms with Crippen LogP contribution in [0.3, 0.4) is 0 Å². The Morgan fingerprint density at radius 1 is 1.37 bits per heavy atom. The Labute approximate surface area is 116 Å². The molecule has 0 saturated carbocycles. The molecule has 0 aliphatic carbocycles. The number of carbonyl (C=O) groups is 2. The molecular weight excluding hydrogens is 264 g/mol. The van der Waals surface area contributed by atoms with Gasteiger partial charge in [0.05, 0.1) is 0 Å². The second-order valence-corrected chi connectivity index (χ2v) is 5.03. The first-order valence-electron chi connectivity index (χ1n) is 5.90. The van der Waals surface area contributed by atoms with Gasteiger partial charge in [-0.1, -0.05) is 12.1 Å². The fourth-order valence-electron chi connectivity index (χ4n) is 1.53. The number of carboxylic acids is 1. The van der Waals surface area contributed by atoms with E-state index < -0.39 is 12.0 Å². The van der Waals surface area contributed by atoms with E-state index >= 15 is 0 Å². The van der Waals surface area contributed by atoms with Gasteiger partial charge in [0.15, 0.2) is 0 Å². The molecule has 1 atom stereocenters. The second-order valence-electron chi connectivity index (χ2n) is 4.05. The van der Waals surface area contributed by atoms with Crippen molar-refractivity contribution in [1.82, 2.24) is 5.32 Å². The van der Waals surface area contributed by atoms with Crippen LogP contribution in [0, 0.1) is 0 Å². The van der Waals surface area contributed by atoms with Crippen LogP contribution in [0.1, 0.15) is 22.3 Å². The lowest BCUT2D eigenvalue weighted by Gasteiger charge is -2.14. The van der Waals surface area contributed by atoms with Gasteiger partial charge in [-0.15, -0.1) is 0 Å². The van der Waals surface area contributed by atoms with E-state index in [1.165, 1.54) is 0 Å². The molecule has 104 valence electrons. The lowest BCUT2D eigenvalue weighted by Crippen LogP contribution is -2.41. The molecule has 0 fully saturated rings. The van der Waals surface area contributed by atoms with Crippen LogP contribution in [0.15, 0.2) is 24.3 Å². The highest BCUT2D eigenvalue weighted by Crippen LogP contribution is 2.06. The van der Waals surface area contributed by atoms with E-state index in [0.717, 1.165) is 5.56 Å². The van der Waals surface area contributed by atoms with Gasteiger partial charge in [0, 0.05) is 12.1 Å². The average Bonchev–Trinajstić information content (AvgIpc) is 2.43. The lowest BCUT2D eigenvalue weighted by atomic mass is 10.1. The monoisotopic (exact) mass is 282 g/mol. The van der Waals surface area contributed by atoms with E-state index in [9.17, 15) is 9.59 Å². The van der Waals surface area contributed by atoms with Crippen molar-refractivity contribution in [1.29, 1.82) is 0 Å². The van der Waals surface area contributed by atoms with Gasteiger partial charge >= 0.3 is 5.97 Å². The van der Waals surface area contributed by atoms with Gasteiger partial charge in [-0.3, -0.25) is 4.79 Å². The summed E-state index contributed by atoms with van der Waals surface area (Å²) < 4.78 is 0. The zero-order valence-corrected chi connectivity index (χ0v) is 11.6. The molecule has 0 spiro atoms. The predicted molar refractivity (Wildman–Crippen MR) is 76.2 cm³/mol. The average molecular weight is 282 g/mol. The van der Waals surface area contributed by atoms with E-state index in [1.807, 2.05) is 6.26 Å². The summed E-state index contributed by atoms with van der Waals surface area (Å²) in [5.74, 6) is -0.707. The van der Waals surface area contributed by atoms with Crippen molar-refractivity contribution in [2.24, 2.45) is 5.73 Å². The minimum atomic E-state index is -1.01. The number of thioether (sulfide) groups is 1. The predicted octanol–water partition coefficient (Wildman–Crippen LogP) is 1.08. The van der Waals surface area contributed by atoms with Crippen LogP contribution in [-0.2, 0) is 11.3 Å². The molecule has 4 N–H and O–H groups in total. The van der Waals surface area contributed by atoms with Gasteiger partial charge in [-0.25, -0.2) is 4.79 Å². The van der Waals surface area contributed by atoms with Crippen LogP contribution in [-0.4, -0.2) is 35.0 Å². The van der Waals surface area contributed by atoms with Gasteiger partial charge in [0.1, 0.15) is 6.04 Å². The van der Waals surface area contributed by atoms with Crippen molar-refractivity contribution < 1.29 is 14.7 Å². The van der Waals surface area contributed by atoms with Crippen LogP contribution in [0.4, 0.5) is 0 Å². The SMILES string of the molecule is CSCC[C@@H](NC(=O)c1ccc(CN)cc1)C(=O)O. The number of hydrogen-bond donors (Lipinski definition) is 3. The zero-order valence-electron chi connectivity index (χ0n) is 10.8. The van der Waals surface area contributed by atoms with Gasteiger partial charge in [-0.05, 0) is 36.1 Å². The third kappa shape index (κ3) is 4.92.